The van der Waals surface area contributed by atoms with Gasteiger partial charge in [0.2, 0.25) is 11.1 Å². The van der Waals surface area contributed by atoms with Crippen LogP contribution in [-0.4, -0.2) is 52.7 Å². The van der Waals surface area contributed by atoms with Gasteiger partial charge in [-0.1, -0.05) is 45.9 Å². The van der Waals surface area contributed by atoms with Crippen LogP contribution >= 0.6 is 27.7 Å². The van der Waals surface area contributed by atoms with Crippen molar-refractivity contribution in [1.82, 2.24) is 14.8 Å². The van der Waals surface area contributed by atoms with E-state index in [-0.39, 0.29) is 11.4 Å². The topological polar surface area (TPSA) is 72.3 Å². The molecule has 1 aliphatic rings. The van der Waals surface area contributed by atoms with Crippen LogP contribution in [-0.2, 0) is 22.3 Å². The molecule has 0 bridgehead atoms. The molecule has 2 aromatic carbocycles. The summed E-state index contributed by atoms with van der Waals surface area (Å²) in [6.07, 6.45) is -2.83. The van der Waals surface area contributed by atoms with Gasteiger partial charge in [0.1, 0.15) is 0 Å². The van der Waals surface area contributed by atoms with Crippen molar-refractivity contribution in [2.24, 2.45) is 0 Å². The molecule has 12 heteroatoms. The van der Waals surface area contributed by atoms with Gasteiger partial charge in [-0.3, -0.25) is 4.79 Å². The molecule has 0 aliphatic carbocycles. The van der Waals surface area contributed by atoms with E-state index in [2.05, 4.69) is 37.9 Å². The maximum Gasteiger partial charge on any atom is 0.416 e. The second kappa shape index (κ2) is 11.5. The van der Waals surface area contributed by atoms with Crippen LogP contribution in [0.15, 0.2) is 64.7 Å². The van der Waals surface area contributed by atoms with Crippen molar-refractivity contribution < 1.29 is 22.7 Å². The fourth-order valence-electron chi connectivity index (χ4n) is 3.65. The van der Waals surface area contributed by atoms with Gasteiger partial charge >= 0.3 is 6.18 Å². The van der Waals surface area contributed by atoms with Crippen LogP contribution in [0.1, 0.15) is 5.56 Å². The Morgan fingerprint density at radius 1 is 1.19 bits per heavy atom. The number of nitrogens with one attached hydrogen (secondary N) is 1. The van der Waals surface area contributed by atoms with E-state index in [9.17, 15) is 18.0 Å². The van der Waals surface area contributed by atoms with Crippen LogP contribution in [0.5, 0.6) is 0 Å². The Bertz CT molecular complexity index is 1230. The molecule has 1 amide bonds. The number of carbonyl (C=O) groups is 1. The van der Waals surface area contributed by atoms with E-state index in [1.807, 2.05) is 29.2 Å². The van der Waals surface area contributed by atoms with Crippen LogP contribution in [0.3, 0.4) is 0 Å². The maximum absolute atomic E-state index is 13.3. The molecule has 0 spiro atoms. The van der Waals surface area contributed by atoms with E-state index in [1.54, 1.807) is 10.8 Å². The first-order valence-corrected chi connectivity index (χ1v) is 12.8. The number of benzene rings is 2. The van der Waals surface area contributed by atoms with Gasteiger partial charge in [0.05, 0.1) is 42.4 Å². The van der Waals surface area contributed by atoms with Crippen molar-refractivity contribution in [2.45, 2.75) is 17.9 Å². The third-order valence-electron chi connectivity index (χ3n) is 5.34. The van der Waals surface area contributed by atoms with Crippen LogP contribution in [0.2, 0.25) is 0 Å². The molecule has 2 heterocycles. The first kappa shape index (κ1) is 26.2. The number of rotatable bonds is 8. The highest BCUT2D eigenvalue weighted by Crippen LogP contribution is 2.36. The summed E-state index contributed by atoms with van der Waals surface area (Å²) in [5.41, 5.74) is 0.656. The van der Waals surface area contributed by atoms with E-state index < -0.39 is 17.6 Å². The summed E-state index contributed by atoms with van der Waals surface area (Å²) in [4.78, 5) is 19.2. The summed E-state index contributed by atoms with van der Waals surface area (Å²) < 4.78 is 48.0. The van der Waals surface area contributed by atoms with Crippen LogP contribution in [0.4, 0.5) is 24.5 Å². The molecule has 1 aromatic heterocycles. The smallest absolute Gasteiger partial charge is 0.378 e. The number of alkyl halides is 3. The van der Waals surface area contributed by atoms with Crippen LogP contribution in [0.25, 0.3) is 11.4 Å². The van der Waals surface area contributed by atoms with Crippen molar-refractivity contribution in [3.05, 3.63) is 65.2 Å². The Morgan fingerprint density at radius 3 is 2.58 bits per heavy atom. The fourth-order valence-corrected chi connectivity index (χ4v) is 4.56. The molecule has 1 N–H and O–H groups in total. The SMILES string of the molecule is C=CCn1nc(SCC(=O)Nc2cc(C(F)(F)F)ccc2N2CCOCC2)nc1-c1ccc(Br)cc1. The second-order valence-electron chi connectivity index (χ2n) is 7.86. The normalized spacial score (nSPS) is 14.1. The van der Waals surface area contributed by atoms with E-state index >= 15 is 0 Å². The monoisotopic (exact) mass is 581 g/mol. The minimum absolute atomic E-state index is 0.0727. The lowest BCUT2D eigenvalue weighted by molar-refractivity contribution is -0.137. The number of thioether (sulfide) groups is 1. The number of ether oxygens (including phenoxy) is 1. The van der Waals surface area contributed by atoms with Gasteiger partial charge in [0.15, 0.2) is 5.82 Å². The number of carbonyl (C=O) groups excluding carboxylic acids is 1. The maximum atomic E-state index is 13.3. The molecule has 3 aromatic rings. The van der Waals surface area contributed by atoms with E-state index in [0.717, 1.165) is 33.9 Å². The molecule has 36 heavy (non-hydrogen) atoms. The number of anilines is 2. The first-order valence-electron chi connectivity index (χ1n) is 11.0. The molecule has 1 aliphatic heterocycles. The number of hydrogen-bond acceptors (Lipinski definition) is 6. The van der Waals surface area contributed by atoms with Gasteiger partial charge in [-0.05, 0) is 30.3 Å². The molecule has 4 rings (SSSR count). The van der Waals surface area contributed by atoms with Gasteiger partial charge in [-0.2, -0.15) is 13.2 Å². The Labute approximate surface area is 218 Å². The van der Waals surface area contributed by atoms with Gasteiger partial charge < -0.3 is 15.0 Å². The first-order chi connectivity index (χ1) is 17.2. The van der Waals surface area contributed by atoms with E-state index in [4.69, 9.17) is 4.74 Å². The lowest BCUT2D eigenvalue weighted by Crippen LogP contribution is -2.37. The predicted octanol–water partition coefficient (Wildman–Crippen LogP) is 5.48. The summed E-state index contributed by atoms with van der Waals surface area (Å²) >= 11 is 4.51. The Kier molecular flexibility index (Phi) is 8.37. The number of morpholine rings is 1. The second-order valence-corrected chi connectivity index (χ2v) is 9.72. The number of amides is 1. The van der Waals surface area contributed by atoms with E-state index in [0.29, 0.717) is 49.5 Å². The largest absolute Gasteiger partial charge is 0.416 e. The zero-order valence-corrected chi connectivity index (χ0v) is 21.5. The number of halogens is 4. The lowest BCUT2D eigenvalue weighted by atomic mass is 10.1. The molecule has 7 nitrogen and oxygen atoms in total. The third-order valence-corrected chi connectivity index (χ3v) is 6.71. The Hall–Kier alpha value is -2.83. The van der Waals surface area contributed by atoms with Crippen molar-refractivity contribution in [3.63, 3.8) is 0 Å². The van der Waals surface area contributed by atoms with Gasteiger partial charge in [-0.25, -0.2) is 9.67 Å². The highest BCUT2D eigenvalue weighted by atomic mass is 79.9. The van der Waals surface area contributed by atoms with Gasteiger partial charge in [-0.15, -0.1) is 11.7 Å². The molecule has 0 radical (unpaired) electrons. The van der Waals surface area contributed by atoms with Crippen LogP contribution in [0, 0.1) is 0 Å². The van der Waals surface area contributed by atoms with Crippen molar-refractivity contribution >= 4 is 45.0 Å². The number of aromatic nitrogens is 3. The van der Waals surface area contributed by atoms with Crippen molar-refractivity contribution in [1.29, 1.82) is 0 Å². The molecular weight excluding hydrogens is 559 g/mol. The fraction of sp³-hybridized carbons (Fsp3) is 0.292. The summed E-state index contributed by atoms with van der Waals surface area (Å²) in [7, 11) is 0. The lowest BCUT2D eigenvalue weighted by Gasteiger charge is -2.31. The Balaban J connectivity index is 1.50. The van der Waals surface area contributed by atoms with E-state index in [1.165, 1.54) is 6.07 Å². The summed E-state index contributed by atoms with van der Waals surface area (Å²) in [5.74, 6) is 0.0910. The zero-order valence-electron chi connectivity index (χ0n) is 19.1. The number of nitrogens with zero attached hydrogens (tertiary/aromatic N) is 4. The van der Waals surface area contributed by atoms with Crippen molar-refractivity contribution in [3.8, 4) is 11.4 Å². The average Bonchev–Trinajstić information content (AvgIpc) is 3.26. The summed E-state index contributed by atoms with van der Waals surface area (Å²) in [6.45, 7) is 6.14. The molecule has 0 saturated carbocycles. The predicted molar refractivity (Wildman–Crippen MR) is 137 cm³/mol. The molecule has 0 unspecified atom stereocenters. The summed E-state index contributed by atoms with van der Waals surface area (Å²) in [5, 5.41) is 7.48. The highest BCUT2D eigenvalue weighted by Gasteiger charge is 2.32. The van der Waals surface area contributed by atoms with Gasteiger partial charge in [0, 0.05) is 23.1 Å². The summed E-state index contributed by atoms with van der Waals surface area (Å²) in [6, 6.07) is 11.0. The van der Waals surface area contributed by atoms with Crippen LogP contribution < -0.4 is 10.2 Å². The average molecular weight is 582 g/mol. The van der Waals surface area contributed by atoms with Crippen molar-refractivity contribution in [2.75, 3.05) is 42.3 Å². The standard InChI is InChI=1S/C24H23BrF3N5O2S/c1-2-9-33-22(16-3-6-18(25)7-4-16)30-23(31-33)36-15-21(34)29-19-14-17(24(26,27)28)5-8-20(19)32-10-12-35-13-11-32/h2-8,14H,1,9-13,15H2,(H,29,34). The third kappa shape index (κ3) is 6.48. The molecular formula is C24H23BrF3N5O2S. The highest BCUT2D eigenvalue weighted by molar-refractivity contribution is 9.10. The molecule has 0 atom stereocenters. The number of hydrogen-bond donors (Lipinski definition) is 1. The minimum Gasteiger partial charge on any atom is -0.378 e. The molecule has 1 saturated heterocycles. The molecule has 190 valence electrons. The van der Waals surface area contributed by atoms with Gasteiger partial charge in [0.25, 0.3) is 0 Å². The Morgan fingerprint density at radius 2 is 1.92 bits per heavy atom. The zero-order chi connectivity index (χ0) is 25.7. The minimum atomic E-state index is -4.52. The number of allylic oxidation sites excluding steroid dienone is 1. The molecule has 1 fully saturated rings. The quantitative estimate of drug-likeness (QED) is 0.280.